The molecule has 0 fully saturated rings. The first-order valence-electron chi connectivity index (χ1n) is 8.41. The number of nitrogens with one attached hydrogen (secondary N) is 1. The fraction of sp³-hybridized carbons (Fsp3) is 0.136. The summed E-state index contributed by atoms with van der Waals surface area (Å²) in [6.07, 6.45) is 0. The molecule has 0 saturated heterocycles. The lowest BCUT2D eigenvalue weighted by Crippen LogP contribution is -1.91. The minimum Gasteiger partial charge on any atom is -0.331 e. The van der Waals surface area contributed by atoms with Gasteiger partial charge in [0.2, 0.25) is 0 Å². The topological polar surface area (TPSA) is 24.9 Å². The normalized spacial score (nSPS) is 11.0. The van der Waals surface area contributed by atoms with Gasteiger partial charge >= 0.3 is 0 Å². The smallest absolute Gasteiger partial charge is 0.187 e. The highest BCUT2D eigenvalue weighted by molar-refractivity contribution is 7.16. The molecule has 124 valence electrons. The summed E-state index contributed by atoms with van der Waals surface area (Å²) in [6, 6.07) is 21.3. The summed E-state index contributed by atoms with van der Waals surface area (Å²) in [5.74, 6) is 0. The molecular formula is C22H20N2S. The molecule has 4 rings (SSSR count). The first kappa shape index (κ1) is 15.9. The zero-order chi connectivity index (χ0) is 17.4. The largest absolute Gasteiger partial charge is 0.331 e. The lowest BCUT2D eigenvalue weighted by atomic mass is 10.0. The second kappa shape index (κ2) is 6.34. The molecule has 0 spiro atoms. The molecule has 0 unspecified atom stereocenters. The van der Waals surface area contributed by atoms with E-state index in [4.69, 9.17) is 4.98 Å². The van der Waals surface area contributed by atoms with Gasteiger partial charge < -0.3 is 5.32 Å². The van der Waals surface area contributed by atoms with Gasteiger partial charge in [-0.3, -0.25) is 0 Å². The minimum atomic E-state index is 0.932. The van der Waals surface area contributed by atoms with E-state index in [9.17, 15) is 0 Å². The molecule has 1 aromatic heterocycles. The van der Waals surface area contributed by atoms with Gasteiger partial charge in [-0.2, -0.15) is 0 Å². The fourth-order valence-electron chi connectivity index (χ4n) is 3.06. The SMILES string of the molecule is Cc1ccc(-c2nc(Nc3cccc4ccccc34)sc2C)cc1C. The van der Waals surface area contributed by atoms with Crippen LogP contribution in [0.15, 0.2) is 60.7 Å². The number of hydrogen-bond acceptors (Lipinski definition) is 3. The van der Waals surface area contributed by atoms with Crippen LogP contribution in [-0.4, -0.2) is 4.98 Å². The van der Waals surface area contributed by atoms with Crippen molar-refractivity contribution in [3.63, 3.8) is 0 Å². The second-order valence-electron chi connectivity index (χ2n) is 6.37. The molecule has 1 N–H and O–H groups in total. The molecule has 3 aromatic carbocycles. The molecule has 0 atom stereocenters. The molecule has 2 nitrogen and oxygen atoms in total. The molecule has 0 saturated carbocycles. The van der Waals surface area contributed by atoms with E-state index < -0.39 is 0 Å². The molecule has 0 aliphatic carbocycles. The van der Waals surface area contributed by atoms with Gasteiger partial charge in [0.15, 0.2) is 5.13 Å². The number of aromatic nitrogens is 1. The van der Waals surface area contributed by atoms with Crippen LogP contribution >= 0.6 is 11.3 Å². The number of aryl methyl sites for hydroxylation is 3. The highest BCUT2D eigenvalue weighted by Gasteiger charge is 2.11. The van der Waals surface area contributed by atoms with Crippen molar-refractivity contribution in [1.29, 1.82) is 0 Å². The van der Waals surface area contributed by atoms with Crippen LogP contribution in [0.3, 0.4) is 0 Å². The average Bonchev–Trinajstić information content (AvgIpc) is 2.98. The Bertz CT molecular complexity index is 1060. The van der Waals surface area contributed by atoms with E-state index in [0.717, 1.165) is 16.5 Å². The Morgan fingerprint density at radius 3 is 2.48 bits per heavy atom. The van der Waals surface area contributed by atoms with Crippen LogP contribution in [0.1, 0.15) is 16.0 Å². The molecule has 4 aromatic rings. The van der Waals surface area contributed by atoms with Crippen molar-refractivity contribution in [2.75, 3.05) is 5.32 Å². The van der Waals surface area contributed by atoms with E-state index in [2.05, 4.69) is 86.8 Å². The predicted octanol–water partition coefficient (Wildman–Crippen LogP) is 6.63. The zero-order valence-corrected chi connectivity index (χ0v) is 15.4. The lowest BCUT2D eigenvalue weighted by molar-refractivity contribution is 1.31. The Morgan fingerprint density at radius 2 is 1.64 bits per heavy atom. The van der Waals surface area contributed by atoms with Gasteiger partial charge in [-0.1, -0.05) is 48.5 Å². The van der Waals surface area contributed by atoms with Gasteiger partial charge in [0, 0.05) is 21.5 Å². The number of nitrogens with zero attached hydrogens (tertiary/aromatic N) is 1. The predicted molar refractivity (Wildman–Crippen MR) is 109 cm³/mol. The van der Waals surface area contributed by atoms with Crippen molar-refractivity contribution in [1.82, 2.24) is 4.98 Å². The summed E-state index contributed by atoms with van der Waals surface area (Å²) in [5.41, 5.74) is 5.95. The van der Waals surface area contributed by atoms with Gasteiger partial charge in [0.1, 0.15) is 0 Å². The third-order valence-corrected chi connectivity index (χ3v) is 5.49. The maximum absolute atomic E-state index is 4.86. The molecule has 3 heteroatoms. The summed E-state index contributed by atoms with van der Waals surface area (Å²) in [4.78, 5) is 6.09. The maximum atomic E-state index is 4.86. The van der Waals surface area contributed by atoms with Crippen molar-refractivity contribution < 1.29 is 0 Å². The van der Waals surface area contributed by atoms with Gasteiger partial charge in [0.05, 0.1) is 5.69 Å². The van der Waals surface area contributed by atoms with E-state index in [0.29, 0.717) is 0 Å². The van der Waals surface area contributed by atoms with Crippen molar-refractivity contribution in [3.8, 4) is 11.3 Å². The van der Waals surface area contributed by atoms with Gasteiger partial charge in [0.25, 0.3) is 0 Å². The first-order chi connectivity index (χ1) is 12.1. The monoisotopic (exact) mass is 344 g/mol. The van der Waals surface area contributed by atoms with Crippen LogP contribution in [0.2, 0.25) is 0 Å². The number of benzene rings is 3. The van der Waals surface area contributed by atoms with E-state index in [-0.39, 0.29) is 0 Å². The average molecular weight is 344 g/mol. The van der Waals surface area contributed by atoms with E-state index in [1.54, 1.807) is 11.3 Å². The highest BCUT2D eigenvalue weighted by atomic mass is 32.1. The Morgan fingerprint density at radius 1 is 0.840 bits per heavy atom. The molecule has 0 radical (unpaired) electrons. The summed E-state index contributed by atoms with van der Waals surface area (Å²) < 4.78 is 0. The summed E-state index contributed by atoms with van der Waals surface area (Å²) in [5, 5.41) is 6.89. The van der Waals surface area contributed by atoms with Crippen LogP contribution < -0.4 is 5.32 Å². The van der Waals surface area contributed by atoms with Crippen LogP contribution in [0.4, 0.5) is 10.8 Å². The summed E-state index contributed by atoms with van der Waals surface area (Å²) in [6.45, 7) is 6.42. The Balaban J connectivity index is 1.71. The second-order valence-corrected chi connectivity index (χ2v) is 7.58. The third kappa shape index (κ3) is 3.03. The minimum absolute atomic E-state index is 0.932. The molecule has 1 heterocycles. The quantitative estimate of drug-likeness (QED) is 0.451. The number of anilines is 2. The van der Waals surface area contributed by atoms with Gasteiger partial charge in [-0.05, 0) is 49.4 Å². The number of fused-ring (bicyclic) bond motifs is 1. The fourth-order valence-corrected chi connectivity index (χ4v) is 3.90. The summed E-state index contributed by atoms with van der Waals surface area (Å²) >= 11 is 1.70. The standard InChI is InChI=1S/C22H20N2S/c1-14-11-12-18(13-15(14)2)21-16(3)25-22(24-21)23-20-10-6-8-17-7-4-5-9-19(17)20/h4-13H,1-3H3,(H,23,24). The first-order valence-corrected chi connectivity index (χ1v) is 9.23. The van der Waals surface area contributed by atoms with E-state index >= 15 is 0 Å². The van der Waals surface area contributed by atoms with Crippen molar-refractivity contribution in [2.45, 2.75) is 20.8 Å². The van der Waals surface area contributed by atoms with Crippen LogP contribution in [0.25, 0.3) is 22.0 Å². The number of hydrogen-bond donors (Lipinski definition) is 1. The number of thiazole rings is 1. The Hall–Kier alpha value is -2.65. The van der Waals surface area contributed by atoms with Crippen molar-refractivity contribution in [3.05, 3.63) is 76.7 Å². The van der Waals surface area contributed by atoms with E-state index in [1.165, 1.54) is 32.3 Å². The third-order valence-electron chi connectivity index (χ3n) is 4.61. The molecular weight excluding hydrogens is 324 g/mol. The molecule has 0 aliphatic rings. The maximum Gasteiger partial charge on any atom is 0.187 e. The number of rotatable bonds is 3. The van der Waals surface area contributed by atoms with Crippen molar-refractivity contribution >= 4 is 32.9 Å². The van der Waals surface area contributed by atoms with Crippen LogP contribution in [-0.2, 0) is 0 Å². The van der Waals surface area contributed by atoms with Gasteiger partial charge in [-0.15, -0.1) is 11.3 Å². The van der Waals surface area contributed by atoms with E-state index in [1.807, 2.05) is 0 Å². The van der Waals surface area contributed by atoms with Gasteiger partial charge in [-0.25, -0.2) is 4.98 Å². The Labute approximate surface area is 152 Å². The van der Waals surface area contributed by atoms with Crippen molar-refractivity contribution in [2.24, 2.45) is 0 Å². The Kier molecular flexibility index (Phi) is 4.02. The molecule has 25 heavy (non-hydrogen) atoms. The molecule has 0 aliphatic heterocycles. The highest BCUT2D eigenvalue weighted by Crippen LogP contribution is 2.34. The lowest BCUT2D eigenvalue weighted by Gasteiger charge is -2.07. The summed E-state index contributed by atoms with van der Waals surface area (Å²) in [7, 11) is 0. The zero-order valence-electron chi connectivity index (χ0n) is 14.6. The molecule has 0 bridgehead atoms. The van der Waals surface area contributed by atoms with Crippen LogP contribution in [0, 0.1) is 20.8 Å². The van der Waals surface area contributed by atoms with Crippen LogP contribution in [0.5, 0.6) is 0 Å². The molecule has 0 amide bonds.